The van der Waals surface area contributed by atoms with Gasteiger partial charge >= 0.3 is 0 Å². The summed E-state index contributed by atoms with van der Waals surface area (Å²) in [5.41, 5.74) is 3.69. The van der Waals surface area contributed by atoms with Crippen LogP contribution in [0.1, 0.15) is 5.56 Å². The molecule has 0 nitrogen and oxygen atoms in total. The maximum Gasteiger partial charge on any atom is -0.0178 e. The molecule has 0 atom stereocenters. The van der Waals surface area contributed by atoms with E-state index in [1.165, 1.54) is 16.7 Å². The van der Waals surface area contributed by atoms with Crippen LogP contribution < -0.4 is 0 Å². The molecule has 0 aliphatic carbocycles. The van der Waals surface area contributed by atoms with Crippen molar-refractivity contribution in [3.8, 4) is 11.1 Å². The highest BCUT2D eigenvalue weighted by Gasteiger charge is 1.95. The van der Waals surface area contributed by atoms with Gasteiger partial charge in [-0.1, -0.05) is 85.5 Å². The maximum absolute atomic E-state index is 3.64. The fraction of sp³-hybridized carbons (Fsp3) is 0. The Hall–Kier alpha value is -2.34. The highest BCUT2D eigenvalue weighted by atomic mass is 14.0. The molecule has 2 aromatic rings. The van der Waals surface area contributed by atoms with E-state index in [1.807, 2.05) is 24.3 Å². The molecule has 0 unspecified atom stereocenters. The summed E-state index contributed by atoms with van der Waals surface area (Å²) in [7, 11) is 0. The number of hydrogen-bond acceptors (Lipinski definition) is 0. The van der Waals surface area contributed by atoms with Gasteiger partial charge in [-0.15, -0.1) is 0 Å². The monoisotopic (exact) mass is 232 g/mol. The van der Waals surface area contributed by atoms with Gasteiger partial charge in [-0.05, 0) is 22.8 Å². The van der Waals surface area contributed by atoms with Crippen LogP contribution in [0, 0.1) is 0 Å². The van der Waals surface area contributed by atoms with E-state index in [1.54, 1.807) is 6.08 Å². The smallest absolute Gasteiger partial charge is 0.0178 e. The lowest BCUT2D eigenvalue weighted by molar-refractivity contribution is 1.60. The van der Waals surface area contributed by atoms with E-state index in [2.05, 4.69) is 61.2 Å². The molecule has 0 saturated carbocycles. The van der Waals surface area contributed by atoms with Crippen molar-refractivity contribution in [2.24, 2.45) is 0 Å². The van der Waals surface area contributed by atoms with Crippen molar-refractivity contribution in [3.05, 3.63) is 91.0 Å². The molecule has 0 fully saturated rings. The third kappa shape index (κ3) is 3.33. The third-order valence-electron chi connectivity index (χ3n) is 2.64. The van der Waals surface area contributed by atoms with E-state index in [0.717, 1.165) is 0 Å². The van der Waals surface area contributed by atoms with Gasteiger partial charge in [0.05, 0.1) is 0 Å². The van der Waals surface area contributed by atoms with Gasteiger partial charge in [-0.25, -0.2) is 0 Å². The summed E-state index contributed by atoms with van der Waals surface area (Å²) in [6.07, 6.45) is 9.77. The summed E-state index contributed by atoms with van der Waals surface area (Å²) < 4.78 is 0. The van der Waals surface area contributed by atoms with Gasteiger partial charge < -0.3 is 0 Å². The van der Waals surface area contributed by atoms with Gasteiger partial charge in [0, 0.05) is 0 Å². The summed E-state index contributed by atoms with van der Waals surface area (Å²) in [4.78, 5) is 0. The second-order valence-electron chi connectivity index (χ2n) is 3.97. The first-order valence-electron chi connectivity index (χ1n) is 6.01. The summed E-state index contributed by atoms with van der Waals surface area (Å²) >= 11 is 0. The van der Waals surface area contributed by atoms with Crippen molar-refractivity contribution < 1.29 is 0 Å². The van der Waals surface area contributed by atoms with Gasteiger partial charge in [0.2, 0.25) is 0 Å². The largest absolute Gasteiger partial charge is 0.0991 e. The molecule has 0 bridgehead atoms. The lowest BCUT2D eigenvalue weighted by atomic mass is 10.0. The molecule has 0 aliphatic heterocycles. The minimum Gasteiger partial charge on any atom is -0.0991 e. The Balaban J connectivity index is 2.23. The van der Waals surface area contributed by atoms with Crippen molar-refractivity contribution in [2.75, 3.05) is 0 Å². The minimum absolute atomic E-state index is 1.20. The van der Waals surface area contributed by atoms with E-state index >= 15 is 0 Å². The molecule has 0 N–H and O–H groups in total. The molecule has 0 spiro atoms. The number of rotatable bonds is 4. The Morgan fingerprint density at radius 3 is 2.28 bits per heavy atom. The Bertz CT molecular complexity index is 560. The van der Waals surface area contributed by atoms with Crippen LogP contribution in [0.2, 0.25) is 0 Å². The van der Waals surface area contributed by atoms with Crippen molar-refractivity contribution in [3.63, 3.8) is 0 Å². The summed E-state index contributed by atoms with van der Waals surface area (Å²) in [5.74, 6) is 0. The van der Waals surface area contributed by atoms with E-state index in [4.69, 9.17) is 0 Å². The molecule has 88 valence electrons. The van der Waals surface area contributed by atoms with Crippen LogP contribution in [0.5, 0.6) is 0 Å². The van der Waals surface area contributed by atoms with Gasteiger partial charge in [0.25, 0.3) is 0 Å². The standard InChI is InChI=1S/C18H16/c1-2-3-4-6-10-16-11-9-14-18(15-16)17-12-7-5-8-13-17/h2-15H,1H2/b4-3-,10-6+. The zero-order valence-corrected chi connectivity index (χ0v) is 10.3. The third-order valence-corrected chi connectivity index (χ3v) is 2.64. The van der Waals surface area contributed by atoms with Gasteiger partial charge in [-0.2, -0.15) is 0 Å². The topological polar surface area (TPSA) is 0 Å². The van der Waals surface area contributed by atoms with Crippen molar-refractivity contribution in [1.29, 1.82) is 0 Å². The van der Waals surface area contributed by atoms with Crippen LogP contribution in [0.25, 0.3) is 17.2 Å². The predicted octanol–water partition coefficient (Wildman–Crippen LogP) is 5.11. The molecule has 0 heteroatoms. The van der Waals surface area contributed by atoms with Crippen LogP contribution in [0.15, 0.2) is 85.5 Å². The van der Waals surface area contributed by atoms with E-state index in [-0.39, 0.29) is 0 Å². The Labute approximate surface area is 109 Å². The highest BCUT2D eigenvalue weighted by Crippen LogP contribution is 2.20. The first-order chi connectivity index (χ1) is 8.90. The fourth-order valence-corrected chi connectivity index (χ4v) is 1.76. The molecule has 2 rings (SSSR count). The van der Waals surface area contributed by atoms with Gasteiger partial charge in [0.1, 0.15) is 0 Å². The molecule has 0 amide bonds. The number of allylic oxidation sites excluding steroid dienone is 4. The summed E-state index contributed by atoms with van der Waals surface area (Å²) in [6, 6.07) is 18.9. The molecule has 0 heterocycles. The Kier molecular flexibility index (Phi) is 4.32. The molecule has 2 aromatic carbocycles. The first kappa shape index (κ1) is 12.1. The van der Waals surface area contributed by atoms with Crippen LogP contribution >= 0.6 is 0 Å². The van der Waals surface area contributed by atoms with Gasteiger partial charge in [-0.3, -0.25) is 0 Å². The first-order valence-corrected chi connectivity index (χ1v) is 6.01. The van der Waals surface area contributed by atoms with Crippen molar-refractivity contribution in [1.82, 2.24) is 0 Å². The van der Waals surface area contributed by atoms with Gasteiger partial charge in [0.15, 0.2) is 0 Å². The lowest BCUT2D eigenvalue weighted by Crippen LogP contribution is -1.78. The number of benzene rings is 2. The molecular formula is C18H16. The summed E-state index contributed by atoms with van der Waals surface area (Å²) in [5, 5.41) is 0. The normalized spacial score (nSPS) is 11.1. The molecular weight excluding hydrogens is 216 g/mol. The lowest BCUT2D eigenvalue weighted by Gasteiger charge is -2.02. The zero-order valence-electron chi connectivity index (χ0n) is 10.3. The summed E-state index contributed by atoms with van der Waals surface area (Å²) in [6.45, 7) is 3.64. The maximum atomic E-state index is 3.64. The van der Waals surface area contributed by atoms with Crippen molar-refractivity contribution >= 4 is 6.08 Å². The minimum atomic E-state index is 1.20. The SMILES string of the molecule is C=C/C=C\C=C\c1cccc(-c2ccccc2)c1. The van der Waals surface area contributed by atoms with Crippen molar-refractivity contribution in [2.45, 2.75) is 0 Å². The van der Waals surface area contributed by atoms with Crippen LogP contribution in [0.3, 0.4) is 0 Å². The molecule has 18 heavy (non-hydrogen) atoms. The van der Waals surface area contributed by atoms with Crippen LogP contribution in [0.4, 0.5) is 0 Å². The second-order valence-corrected chi connectivity index (χ2v) is 3.97. The molecule has 0 saturated heterocycles. The highest BCUT2D eigenvalue weighted by molar-refractivity contribution is 5.67. The average molecular weight is 232 g/mol. The van der Waals surface area contributed by atoms with Crippen LogP contribution in [-0.2, 0) is 0 Å². The Morgan fingerprint density at radius 1 is 0.722 bits per heavy atom. The zero-order chi connectivity index (χ0) is 12.6. The van der Waals surface area contributed by atoms with Crippen LogP contribution in [-0.4, -0.2) is 0 Å². The van der Waals surface area contributed by atoms with E-state index in [0.29, 0.717) is 0 Å². The quantitative estimate of drug-likeness (QED) is 0.643. The fourth-order valence-electron chi connectivity index (χ4n) is 1.76. The predicted molar refractivity (Wildman–Crippen MR) is 80.2 cm³/mol. The average Bonchev–Trinajstić information content (AvgIpc) is 2.45. The second kappa shape index (κ2) is 6.41. The molecule has 0 aromatic heterocycles. The Morgan fingerprint density at radius 2 is 1.50 bits per heavy atom. The molecule has 0 aliphatic rings. The molecule has 0 radical (unpaired) electrons. The number of hydrogen-bond donors (Lipinski definition) is 0. The van der Waals surface area contributed by atoms with E-state index in [9.17, 15) is 0 Å². The van der Waals surface area contributed by atoms with E-state index < -0.39 is 0 Å².